The van der Waals surface area contributed by atoms with Gasteiger partial charge >= 0.3 is 0 Å². The molecule has 0 radical (unpaired) electrons. The minimum atomic E-state index is 0.887. The highest BCUT2D eigenvalue weighted by Gasteiger charge is 2.23. The lowest BCUT2D eigenvalue weighted by Gasteiger charge is -2.27. The normalized spacial score (nSPS) is 11.8. The summed E-state index contributed by atoms with van der Waals surface area (Å²) < 4.78 is 11.9. The molecule has 12 aromatic rings. The molecule has 0 N–H and O–H groups in total. The van der Waals surface area contributed by atoms with Gasteiger partial charge in [-0.1, -0.05) is 140 Å². The second kappa shape index (κ2) is 13.1. The number of hydrogen-bond acceptors (Lipinski definition) is 3. The number of furan rings is 1. The summed E-state index contributed by atoms with van der Waals surface area (Å²) in [4.78, 5) is 2.42. The first-order chi connectivity index (χ1) is 28.8. The molecular weight excluding hydrogens is 725 g/mol. The molecule has 3 heterocycles. The van der Waals surface area contributed by atoms with Gasteiger partial charge < -0.3 is 13.9 Å². The summed E-state index contributed by atoms with van der Waals surface area (Å²) in [6.45, 7) is 0. The van der Waals surface area contributed by atoms with E-state index in [0.29, 0.717) is 0 Å². The van der Waals surface area contributed by atoms with E-state index in [1.165, 1.54) is 42.1 Å². The van der Waals surface area contributed by atoms with E-state index in [1.807, 2.05) is 11.3 Å². The number of para-hydroxylation sites is 3. The first kappa shape index (κ1) is 32.8. The molecule has 0 spiro atoms. The van der Waals surface area contributed by atoms with Crippen LogP contribution in [0.25, 0.3) is 91.9 Å². The van der Waals surface area contributed by atoms with E-state index in [-0.39, 0.29) is 0 Å². The predicted molar refractivity (Wildman–Crippen MR) is 247 cm³/mol. The minimum absolute atomic E-state index is 0.887. The lowest BCUT2D eigenvalue weighted by molar-refractivity contribution is 0.674. The highest BCUT2D eigenvalue weighted by Crippen LogP contribution is 2.47. The molecule has 3 nitrogen and oxygen atoms in total. The van der Waals surface area contributed by atoms with Crippen LogP contribution in [0.3, 0.4) is 0 Å². The molecule has 0 amide bonds. The molecule has 0 unspecified atom stereocenters. The first-order valence-electron chi connectivity index (χ1n) is 19.7. The molecule has 0 atom stereocenters. The van der Waals surface area contributed by atoms with Crippen molar-refractivity contribution in [1.82, 2.24) is 4.57 Å². The van der Waals surface area contributed by atoms with E-state index in [2.05, 4.69) is 216 Å². The Bertz CT molecular complexity index is 3510. The molecule has 272 valence electrons. The fourth-order valence-corrected chi connectivity index (χ4v) is 10.2. The van der Waals surface area contributed by atoms with E-state index in [1.54, 1.807) is 0 Å². The quantitative estimate of drug-likeness (QED) is 0.168. The second-order valence-electron chi connectivity index (χ2n) is 14.9. The van der Waals surface area contributed by atoms with Crippen LogP contribution < -0.4 is 4.90 Å². The Morgan fingerprint density at radius 2 is 1.10 bits per heavy atom. The van der Waals surface area contributed by atoms with Gasteiger partial charge in [0.1, 0.15) is 11.1 Å². The maximum Gasteiger partial charge on any atom is 0.161 e. The Morgan fingerprint density at radius 1 is 0.431 bits per heavy atom. The van der Waals surface area contributed by atoms with Crippen LogP contribution in [0, 0.1) is 0 Å². The zero-order valence-electron chi connectivity index (χ0n) is 31.3. The van der Waals surface area contributed by atoms with Crippen molar-refractivity contribution >= 4 is 92.3 Å². The van der Waals surface area contributed by atoms with Crippen LogP contribution in [-0.2, 0) is 0 Å². The number of benzene rings is 9. The van der Waals surface area contributed by atoms with Crippen molar-refractivity contribution in [1.29, 1.82) is 0 Å². The lowest BCUT2D eigenvalue weighted by atomic mass is 9.98. The van der Waals surface area contributed by atoms with Crippen LogP contribution >= 0.6 is 11.3 Å². The average molecular weight is 759 g/mol. The standard InChI is InChI=1S/C54H34N2OS/c1-2-17-38(18-3-1)56-48-27-8-6-22-46(48)53-51(56)47-26-12-24-43(52(47)57-53)37-16-10-19-40(34-37)55(49-28-13-25-45-44-21-7-9-29-50(44)58-54(45)49)39-32-30-36(31-33-39)42-23-11-15-35-14-4-5-20-41(35)42/h1-34H. The van der Waals surface area contributed by atoms with E-state index < -0.39 is 0 Å². The zero-order chi connectivity index (χ0) is 38.2. The number of anilines is 3. The molecule has 0 aliphatic carbocycles. The summed E-state index contributed by atoms with van der Waals surface area (Å²) in [5, 5.41) is 7.25. The SMILES string of the molecule is c1ccc(-n2c3ccccc3c3oc4c(-c5cccc(N(c6ccc(-c7cccc8ccccc78)cc6)c6cccc7c6sc6ccccc67)c5)cccc4c32)cc1. The molecular formula is C54H34N2OS. The highest BCUT2D eigenvalue weighted by atomic mass is 32.1. The van der Waals surface area contributed by atoms with Crippen molar-refractivity contribution in [3.8, 4) is 27.9 Å². The lowest BCUT2D eigenvalue weighted by Crippen LogP contribution is -2.10. The molecule has 0 saturated heterocycles. The fourth-order valence-electron chi connectivity index (χ4n) is 8.98. The summed E-state index contributed by atoms with van der Waals surface area (Å²) in [5.74, 6) is 0. The molecule has 0 aliphatic rings. The van der Waals surface area contributed by atoms with E-state index in [0.717, 1.165) is 66.8 Å². The summed E-state index contributed by atoms with van der Waals surface area (Å²) in [6, 6.07) is 74.3. The Labute approximate surface area is 338 Å². The number of rotatable bonds is 6. The van der Waals surface area contributed by atoms with Gasteiger partial charge in [0.2, 0.25) is 0 Å². The smallest absolute Gasteiger partial charge is 0.161 e. The second-order valence-corrected chi connectivity index (χ2v) is 15.9. The van der Waals surface area contributed by atoms with Gasteiger partial charge in [0.05, 0.1) is 15.9 Å². The van der Waals surface area contributed by atoms with Crippen LogP contribution in [0.15, 0.2) is 211 Å². The van der Waals surface area contributed by atoms with Crippen LogP contribution in [0.1, 0.15) is 0 Å². The fraction of sp³-hybridized carbons (Fsp3) is 0. The van der Waals surface area contributed by atoms with E-state index >= 15 is 0 Å². The Balaban J connectivity index is 1.05. The van der Waals surface area contributed by atoms with Crippen molar-refractivity contribution in [3.05, 3.63) is 206 Å². The van der Waals surface area contributed by atoms with E-state index in [4.69, 9.17) is 4.42 Å². The molecule has 0 saturated carbocycles. The summed E-state index contributed by atoms with van der Waals surface area (Å²) in [6.07, 6.45) is 0. The van der Waals surface area contributed by atoms with E-state index in [9.17, 15) is 0 Å². The van der Waals surface area contributed by atoms with Gasteiger partial charge in [-0.05, 0) is 94.2 Å². The number of thiophene rings is 1. The molecule has 12 rings (SSSR count). The number of fused-ring (bicyclic) bond motifs is 9. The van der Waals surface area contributed by atoms with Crippen molar-refractivity contribution in [2.45, 2.75) is 0 Å². The number of nitrogens with zero attached hydrogens (tertiary/aromatic N) is 2. The van der Waals surface area contributed by atoms with Gasteiger partial charge in [0, 0.05) is 48.9 Å². The molecule has 58 heavy (non-hydrogen) atoms. The third-order valence-electron chi connectivity index (χ3n) is 11.6. The summed E-state index contributed by atoms with van der Waals surface area (Å²) in [5.41, 5.74) is 13.0. The molecule has 0 bridgehead atoms. The van der Waals surface area contributed by atoms with Gasteiger partial charge in [0.25, 0.3) is 0 Å². The van der Waals surface area contributed by atoms with Crippen molar-refractivity contribution in [3.63, 3.8) is 0 Å². The highest BCUT2D eigenvalue weighted by molar-refractivity contribution is 7.26. The number of aromatic nitrogens is 1. The molecule has 9 aromatic carbocycles. The molecule has 4 heteroatoms. The van der Waals surface area contributed by atoms with Crippen LogP contribution in [0.4, 0.5) is 17.1 Å². The number of hydrogen-bond donors (Lipinski definition) is 0. The van der Waals surface area contributed by atoms with Gasteiger partial charge in [-0.15, -0.1) is 11.3 Å². The maximum absolute atomic E-state index is 6.97. The van der Waals surface area contributed by atoms with Crippen LogP contribution in [0.2, 0.25) is 0 Å². The van der Waals surface area contributed by atoms with Crippen LogP contribution in [-0.4, -0.2) is 4.57 Å². The molecule has 0 aliphatic heterocycles. The predicted octanol–water partition coefficient (Wildman–Crippen LogP) is 15.9. The maximum atomic E-state index is 6.97. The van der Waals surface area contributed by atoms with Gasteiger partial charge in [0.15, 0.2) is 5.58 Å². The Kier molecular flexibility index (Phi) is 7.40. The molecule has 0 fully saturated rings. The third kappa shape index (κ3) is 5.05. The Morgan fingerprint density at radius 3 is 2.00 bits per heavy atom. The first-order valence-corrected chi connectivity index (χ1v) is 20.5. The summed E-state index contributed by atoms with van der Waals surface area (Å²) in [7, 11) is 0. The third-order valence-corrected chi connectivity index (χ3v) is 12.8. The van der Waals surface area contributed by atoms with Crippen molar-refractivity contribution in [2.24, 2.45) is 0 Å². The summed E-state index contributed by atoms with van der Waals surface area (Å²) >= 11 is 1.85. The average Bonchev–Trinajstić information content (AvgIpc) is 3.97. The van der Waals surface area contributed by atoms with Gasteiger partial charge in [-0.2, -0.15) is 0 Å². The minimum Gasteiger partial charge on any atom is -0.453 e. The van der Waals surface area contributed by atoms with Crippen molar-refractivity contribution < 1.29 is 4.42 Å². The molecule has 3 aromatic heterocycles. The monoisotopic (exact) mass is 758 g/mol. The largest absolute Gasteiger partial charge is 0.453 e. The van der Waals surface area contributed by atoms with Crippen molar-refractivity contribution in [2.75, 3.05) is 4.90 Å². The zero-order valence-corrected chi connectivity index (χ0v) is 32.2. The Hall–Kier alpha value is -7.40. The van der Waals surface area contributed by atoms with Crippen LogP contribution in [0.5, 0.6) is 0 Å². The topological polar surface area (TPSA) is 21.3 Å². The van der Waals surface area contributed by atoms with Gasteiger partial charge in [-0.3, -0.25) is 0 Å². The van der Waals surface area contributed by atoms with Gasteiger partial charge in [-0.25, -0.2) is 0 Å².